The number of anilines is 1. The van der Waals surface area contributed by atoms with Crippen molar-refractivity contribution >= 4 is 33.4 Å². The lowest BCUT2D eigenvalue weighted by atomic mass is 10.1. The standard InChI is InChI=1S/C20H22N4O4S2/c1-13-10-17(30(21,26)27)11-18(14(13)2)23-19(25)12-29-20-22-8-9-24(20)15-4-6-16(28-3)7-5-15/h4-11H,12H2,1-3H3,(H,23,25)(H2,21,26,27). The molecule has 10 heteroatoms. The number of ether oxygens (including phenoxy) is 1. The second-order valence-electron chi connectivity index (χ2n) is 6.57. The van der Waals surface area contributed by atoms with Crippen LogP contribution in [0.3, 0.4) is 0 Å². The summed E-state index contributed by atoms with van der Waals surface area (Å²) in [5, 5.41) is 8.65. The van der Waals surface area contributed by atoms with E-state index in [2.05, 4.69) is 10.3 Å². The van der Waals surface area contributed by atoms with Crippen molar-refractivity contribution in [2.75, 3.05) is 18.2 Å². The van der Waals surface area contributed by atoms with Gasteiger partial charge in [0.05, 0.1) is 17.8 Å². The average Bonchev–Trinajstić information content (AvgIpc) is 3.17. The third-order valence-electron chi connectivity index (χ3n) is 4.53. The number of methoxy groups -OCH3 is 1. The van der Waals surface area contributed by atoms with Gasteiger partial charge >= 0.3 is 0 Å². The Morgan fingerprint density at radius 1 is 1.23 bits per heavy atom. The molecule has 1 aromatic heterocycles. The summed E-state index contributed by atoms with van der Waals surface area (Å²) in [6, 6.07) is 10.4. The van der Waals surface area contributed by atoms with E-state index in [1.165, 1.54) is 23.9 Å². The highest BCUT2D eigenvalue weighted by Crippen LogP contribution is 2.25. The molecular formula is C20H22N4O4S2. The maximum absolute atomic E-state index is 12.5. The maximum Gasteiger partial charge on any atom is 0.238 e. The molecule has 0 aliphatic heterocycles. The van der Waals surface area contributed by atoms with Crippen LogP contribution in [0.2, 0.25) is 0 Å². The number of nitrogens with two attached hydrogens (primary N) is 1. The minimum atomic E-state index is -3.87. The van der Waals surface area contributed by atoms with Gasteiger partial charge in [-0.1, -0.05) is 11.8 Å². The number of nitrogens with zero attached hydrogens (tertiary/aromatic N) is 2. The third kappa shape index (κ3) is 5.02. The molecule has 0 radical (unpaired) electrons. The minimum absolute atomic E-state index is 0.0383. The molecule has 3 N–H and O–H groups in total. The molecule has 0 bridgehead atoms. The summed E-state index contributed by atoms with van der Waals surface area (Å²) in [4.78, 5) is 16.8. The van der Waals surface area contributed by atoms with E-state index in [1.807, 2.05) is 35.0 Å². The molecule has 3 rings (SSSR count). The van der Waals surface area contributed by atoms with Crippen molar-refractivity contribution in [3.05, 3.63) is 59.9 Å². The topological polar surface area (TPSA) is 116 Å². The number of amides is 1. The van der Waals surface area contributed by atoms with Crippen LogP contribution in [0.1, 0.15) is 11.1 Å². The molecule has 0 aliphatic carbocycles. The quantitative estimate of drug-likeness (QED) is 0.539. The Morgan fingerprint density at radius 2 is 1.93 bits per heavy atom. The van der Waals surface area contributed by atoms with Crippen molar-refractivity contribution in [3.8, 4) is 11.4 Å². The lowest BCUT2D eigenvalue weighted by Gasteiger charge is -2.13. The van der Waals surface area contributed by atoms with E-state index in [0.717, 1.165) is 22.6 Å². The molecule has 0 unspecified atom stereocenters. The van der Waals surface area contributed by atoms with Gasteiger partial charge in [-0.05, 0) is 61.4 Å². The van der Waals surface area contributed by atoms with Gasteiger partial charge in [0.2, 0.25) is 15.9 Å². The number of carbonyl (C=O) groups excluding carboxylic acids is 1. The maximum atomic E-state index is 12.5. The van der Waals surface area contributed by atoms with Gasteiger partial charge in [0.25, 0.3) is 0 Å². The molecule has 1 amide bonds. The highest BCUT2D eigenvalue weighted by atomic mass is 32.2. The summed E-state index contributed by atoms with van der Waals surface area (Å²) in [5.41, 5.74) is 2.81. The Balaban J connectivity index is 1.72. The van der Waals surface area contributed by atoms with E-state index in [9.17, 15) is 13.2 Å². The number of hydrogen-bond donors (Lipinski definition) is 2. The molecule has 3 aromatic rings. The average molecular weight is 447 g/mol. The van der Waals surface area contributed by atoms with Crippen LogP contribution in [0.5, 0.6) is 5.75 Å². The molecular weight excluding hydrogens is 424 g/mol. The van der Waals surface area contributed by atoms with Crippen molar-refractivity contribution in [1.82, 2.24) is 9.55 Å². The largest absolute Gasteiger partial charge is 0.497 e. The van der Waals surface area contributed by atoms with Crippen molar-refractivity contribution in [2.24, 2.45) is 5.14 Å². The summed E-state index contributed by atoms with van der Waals surface area (Å²) in [5.74, 6) is 0.573. The predicted octanol–water partition coefficient (Wildman–Crippen LogP) is 2.88. The lowest BCUT2D eigenvalue weighted by molar-refractivity contribution is -0.113. The number of benzene rings is 2. The summed E-state index contributed by atoms with van der Waals surface area (Å²) in [7, 11) is -2.26. The first kappa shape index (κ1) is 21.9. The van der Waals surface area contributed by atoms with Crippen LogP contribution in [0.15, 0.2) is 58.8 Å². The van der Waals surface area contributed by atoms with Gasteiger partial charge in [-0.2, -0.15) is 0 Å². The summed E-state index contributed by atoms with van der Waals surface area (Å²) >= 11 is 1.27. The van der Waals surface area contributed by atoms with Gasteiger partial charge in [0, 0.05) is 23.8 Å². The molecule has 1 heterocycles. The first-order valence-electron chi connectivity index (χ1n) is 8.93. The molecule has 8 nitrogen and oxygen atoms in total. The van der Waals surface area contributed by atoms with Gasteiger partial charge in [0.15, 0.2) is 5.16 Å². The van der Waals surface area contributed by atoms with Crippen LogP contribution in [0.4, 0.5) is 5.69 Å². The third-order valence-corrected chi connectivity index (χ3v) is 6.39. The number of aryl methyl sites for hydroxylation is 1. The number of carbonyl (C=O) groups is 1. The zero-order valence-corrected chi connectivity index (χ0v) is 18.4. The highest BCUT2D eigenvalue weighted by Gasteiger charge is 2.15. The van der Waals surface area contributed by atoms with Crippen LogP contribution in [-0.2, 0) is 14.8 Å². The number of hydrogen-bond acceptors (Lipinski definition) is 6. The monoisotopic (exact) mass is 446 g/mol. The van der Waals surface area contributed by atoms with E-state index < -0.39 is 10.0 Å². The number of rotatable bonds is 7. The number of imidazole rings is 1. The Kier molecular flexibility index (Phi) is 6.49. The molecule has 0 saturated heterocycles. The second kappa shape index (κ2) is 8.90. The first-order valence-corrected chi connectivity index (χ1v) is 11.5. The van der Waals surface area contributed by atoms with Gasteiger partial charge < -0.3 is 10.1 Å². The molecule has 0 atom stereocenters. The first-order chi connectivity index (χ1) is 14.2. The zero-order chi connectivity index (χ0) is 21.9. The Bertz CT molecular complexity index is 1170. The predicted molar refractivity (Wildman–Crippen MR) is 117 cm³/mol. The van der Waals surface area contributed by atoms with E-state index in [4.69, 9.17) is 9.88 Å². The fourth-order valence-corrected chi connectivity index (χ4v) is 4.17. The minimum Gasteiger partial charge on any atom is -0.497 e. The van der Waals surface area contributed by atoms with Crippen LogP contribution < -0.4 is 15.2 Å². The molecule has 158 valence electrons. The normalized spacial score (nSPS) is 11.3. The number of thioether (sulfide) groups is 1. The summed E-state index contributed by atoms with van der Waals surface area (Å²) < 4.78 is 30.4. The number of sulfonamides is 1. The van der Waals surface area contributed by atoms with Crippen molar-refractivity contribution < 1.29 is 17.9 Å². The molecule has 0 spiro atoms. The number of nitrogens with one attached hydrogen (secondary N) is 1. The van der Waals surface area contributed by atoms with Crippen LogP contribution in [0, 0.1) is 13.8 Å². The fourth-order valence-electron chi connectivity index (χ4n) is 2.77. The van der Waals surface area contributed by atoms with Crippen molar-refractivity contribution in [1.29, 1.82) is 0 Å². The van der Waals surface area contributed by atoms with Crippen molar-refractivity contribution in [2.45, 2.75) is 23.9 Å². The van der Waals surface area contributed by atoms with E-state index in [0.29, 0.717) is 10.8 Å². The molecule has 30 heavy (non-hydrogen) atoms. The molecule has 0 saturated carbocycles. The van der Waals surface area contributed by atoms with Gasteiger partial charge in [-0.25, -0.2) is 18.5 Å². The molecule has 0 aliphatic rings. The van der Waals surface area contributed by atoms with Crippen LogP contribution in [0.25, 0.3) is 5.69 Å². The molecule has 2 aromatic carbocycles. The summed E-state index contributed by atoms with van der Waals surface area (Å²) in [6.07, 6.45) is 3.47. The fraction of sp³-hybridized carbons (Fsp3) is 0.200. The van der Waals surface area contributed by atoms with Crippen LogP contribution in [-0.4, -0.2) is 36.7 Å². The number of primary sulfonamides is 1. The Labute approximate surface area is 179 Å². The highest BCUT2D eigenvalue weighted by molar-refractivity contribution is 7.99. The van der Waals surface area contributed by atoms with Gasteiger partial charge in [-0.15, -0.1) is 0 Å². The molecule has 0 fully saturated rings. The summed E-state index contributed by atoms with van der Waals surface area (Å²) in [6.45, 7) is 3.57. The van der Waals surface area contributed by atoms with E-state index >= 15 is 0 Å². The zero-order valence-electron chi connectivity index (χ0n) is 16.7. The Hall–Kier alpha value is -2.82. The number of aromatic nitrogens is 2. The lowest BCUT2D eigenvalue weighted by Crippen LogP contribution is -2.17. The van der Waals surface area contributed by atoms with Crippen molar-refractivity contribution in [3.63, 3.8) is 0 Å². The van der Waals surface area contributed by atoms with Crippen LogP contribution >= 0.6 is 11.8 Å². The Morgan fingerprint density at radius 3 is 2.57 bits per heavy atom. The second-order valence-corrected chi connectivity index (χ2v) is 9.08. The smallest absolute Gasteiger partial charge is 0.238 e. The SMILES string of the molecule is COc1ccc(-n2ccnc2SCC(=O)Nc2cc(S(N)(=O)=O)cc(C)c2C)cc1. The van der Waals surface area contributed by atoms with Gasteiger partial charge in [0.1, 0.15) is 5.75 Å². The van der Waals surface area contributed by atoms with E-state index in [1.54, 1.807) is 27.2 Å². The van der Waals surface area contributed by atoms with E-state index in [-0.39, 0.29) is 16.6 Å². The van der Waals surface area contributed by atoms with Gasteiger partial charge in [-0.3, -0.25) is 9.36 Å².